The lowest BCUT2D eigenvalue weighted by Crippen LogP contribution is -2.10. The summed E-state index contributed by atoms with van der Waals surface area (Å²) < 4.78 is 15.9. The number of carbonyl (C=O) groups is 1. The minimum Gasteiger partial charge on any atom is -0.457 e. The van der Waals surface area contributed by atoms with Gasteiger partial charge in [-0.15, -0.1) is 0 Å². The second kappa shape index (κ2) is 7.39. The maximum atomic E-state index is 12.5. The molecule has 3 aromatic rings. The van der Waals surface area contributed by atoms with E-state index in [2.05, 4.69) is 19.0 Å². The molecule has 0 aliphatic carbocycles. The highest BCUT2D eigenvalue weighted by Gasteiger charge is 2.21. The second-order valence-electron chi connectivity index (χ2n) is 6.94. The Hall–Kier alpha value is -2.89. The van der Waals surface area contributed by atoms with Crippen molar-refractivity contribution < 1.29 is 18.5 Å². The molecule has 142 valence electrons. The van der Waals surface area contributed by atoms with E-state index < -0.39 is 11.6 Å². The Bertz CT molecular complexity index is 1060. The molecule has 0 fully saturated rings. The zero-order valence-corrected chi connectivity index (χ0v) is 16.2. The van der Waals surface area contributed by atoms with Crippen LogP contribution in [0.2, 0.25) is 0 Å². The molecule has 0 saturated carbocycles. The number of aryl methyl sites for hydroxylation is 3. The van der Waals surface area contributed by atoms with Gasteiger partial charge in [0.25, 0.3) is 0 Å². The number of rotatable bonds is 5. The first-order valence-electron chi connectivity index (χ1n) is 9.01. The predicted molar refractivity (Wildman–Crippen MR) is 101 cm³/mol. The summed E-state index contributed by atoms with van der Waals surface area (Å²) in [7, 11) is 0. The van der Waals surface area contributed by atoms with Crippen molar-refractivity contribution in [2.75, 3.05) is 0 Å². The summed E-state index contributed by atoms with van der Waals surface area (Å²) in [6.45, 7) is 9.73. The van der Waals surface area contributed by atoms with Gasteiger partial charge in [0.15, 0.2) is 0 Å². The molecule has 1 aromatic carbocycles. The number of ether oxygens (including phenoxy) is 1. The number of fused-ring (bicyclic) bond motifs is 1. The van der Waals surface area contributed by atoms with Crippen LogP contribution in [0.15, 0.2) is 31.9 Å². The summed E-state index contributed by atoms with van der Waals surface area (Å²) in [4.78, 5) is 24.4. The van der Waals surface area contributed by atoms with E-state index in [0.717, 1.165) is 16.5 Å². The molecule has 0 saturated heterocycles. The van der Waals surface area contributed by atoms with Crippen LogP contribution in [0.25, 0.3) is 11.0 Å². The molecule has 3 rings (SSSR count). The number of hydrogen-bond donors (Lipinski definition) is 0. The number of carbonyl (C=O) groups excluding carboxylic acids is 1. The van der Waals surface area contributed by atoms with E-state index in [1.54, 1.807) is 6.92 Å². The van der Waals surface area contributed by atoms with Crippen LogP contribution >= 0.6 is 0 Å². The van der Waals surface area contributed by atoms with Gasteiger partial charge in [0.1, 0.15) is 23.5 Å². The lowest BCUT2D eigenvalue weighted by atomic mass is 9.95. The molecule has 2 heterocycles. The van der Waals surface area contributed by atoms with Gasteiger partial charge in [0.2, 0.25) is 0 Å². The van der Waals surface area contributed by atoms with Gasteiger partial charge in [-0.3, -0.25) is 0 Å². The van der Waals surface area contributed by atoms with E-state index in [4.69, 9.17) is 13.7 Å². The second-order valence-corrected chi connectivity index (χ2v) is 6.94. The van der Waals surface area contributed by atoms with Crippen molar-refractivity contribution in [3.05, 3.63) is 62.3 Å². The van der Waals surface area contributed by atoms with E-state index in [1.165, 1.54) is 6.07 Å². The third-order valence-electron chi connectivity index (χ3n) is 4.67. The Morgan fingerprint density at radius 2 is 1.96 bits per heavy atom. The summed E-state index contributed by atoms with van der Waals surface area (Å²) in [6, 6.07) is 5.23. The Kier molecular flexibility index (Phi) is 5.17. The quantitative estimate of drug-likeness (QED) is 0.488. The lowest BCUT2D eigenvalue weighted by Gasteiger charge is -2.13. The van der Waals surface area contributed by atoms with E-state index in [-0.39, 0.29) is 6.61 Å². The fourth-order valence-corrected chi connectivity index (χ4v) is 3.27. The van der Waals surface area contributed by atoms with Gasteiger partial charge < -0.3 is 13.7 Å². The summed E-state index contributed by atoms with van der Waals surface area (Å²) in [5, 5.41) is 4.65. The monoisotopic (exact) mass is 369 g/mol. The Morgan fingerprint density at radius 1 is 1.22 bits per heavy atom. The van der Waals surface area contributed by atoms with Crippen LogP contribution in [-0.2, 0) is 17.8 Å². The molecule has 0 spiro atoms. The minimum absolute atomic E-state index is 0.0324. The largest absolute Gasteiger partial charge is 0.457 e. The maximum Gasteiger partial charge on any atom is 0.344 e. The number of benzene rings is 1. The first-order valence-corrected chi connectivity index (χ1v) is 9.01. The number of aromatic nitrogens is 1. The number of esters is 1. The van der Waals surface area contributed by atoms with Crippen molar-refractivity contribution in [1.82, 2.24) is 5.16 Å². The van der Waals surface area contributed by atoms with Crippen LogP contribution in [0.3, 0.4) is 0 Å². The van der Waals surface area contributed by atoms with E-state index in [9.17, 15) is 9.59 Å². The van der Waals surface area contributed by atoms with Gasteiger partial charge in [-0.05, 0) is 49.4 Å². The number of hydrogen-bond acceptors (Lipinski definition) is 6. The fraction of sp³-hybridized carbons (Fsp3) is 0.381. The predicted octanol–water partition coefficient (Wildman–Crippen LogP) is 4.44. The summed E-state index contributed by atoms with van der Waals surface area (Å²) in [5.41, 5.74) is 3.76. The number of nitrogens with zero attached hydrogens (tertiary/aromatic N) is 1. The van der Waals surface area contributed by atoms with Crippen molar-refractivity contribution >= 4 is 16.9 Å². The highest BCUT2D eigenvalue weighted by atomic mass is 16.5. The Balaban J connectivity index is 1.97. The maximum absolute atomic E-state index is 12.5. The van der Waals surface area contributed by atoms with Crippen LogP contribution in [0.5, 0.6) is 0 Å². The smallest absolute Gasteiger partial charge is 0.344 e. The zero-order valence-electron chi connectivity index (χ0n) is 16.2. The van der Waals surface area contributed by atoms with Crippen LogP contribution in [0, 0.1) is 13.8 Å². The Labute approximate surface area is 157 Å². The molecule has 0 aliphatic rings. The molecule has 0 N–H and O–H groups in total. The highest BCUT2D eigenvalue weighted by Crippen LogP contribution is 2.27. The van der Waals surface area contributed by atoms with Crippen LogP contribution in [0.4, 0.5) is 0 Å². The van der Waals surface area contributed by atoms with E-state index in [1.807, 2.05) is 26.0 Å². The summed E-state index contributed by atoms with van der Waals surface area (Å²) >= 11 is 0. The molecule has 6 nitrogen and oxygen atoms in total. The fourth-order valence-electron chi connectivity index (χ4n) is 3.27. The average Bonchev–Trinajstić information content (AvgIpc) is 2.99. The molecule has 0 amide bonds. The molecule has 6 heteroatoms. The SMILES string of the molecule is CCc1noc(C)c1C(=O)OCc1cc(=O)oc2cc(C)c(C(C)C)cc12. The van der Waals surface area contributed by atoms with Gasteiger partial charge >= 0.3 is 11.6 Å². The first kappa shape index (κ1) is 18.9. The van der Waals surface area contributed by atoms with Gasteiger partial charge in [-0.25, -0.2) is 9.59 Å². The Morgan fingerprint density at radius 3 is 2.63 bits per heavy atom. The normalized spacial score (nSPS) is 11.3. The van der Waals surface area contributed by atoms with E-state index in [0.29, 0.717) is 40.5 Å². The topological polar surface area (TPSA) is 82.5 Å². The minimum atomic E-state index is -0.511. The molecule has 0 unspecified atom stereocenters. The van der Waals surface area contributed by atoms with Gasteiger partial charge in [-0.2, -0.15) is 0 Å². The van der Waals surface area contributed by atoms with Crippen LogP contribution in [0.1, 0.15) is 65.2 Å². The van der Waals surface area contributed by atoms with Crippen LogP contribution in [-0.4, -0.2) is 11.1 Å². The third kappa shape index (κ3) is 3.65. The molecule has 0 bridgehead atoms. The molecule has 2 aromatic heterocycles. The van der Waals surface area contributed by atoms with Gasteiger partial charge in [0.05, 0.1) is 5.69 Å². The molecule has 27 heavy (non-hydrogen) atoms. The zero-order chi connectivity index (χ0) is 19.7. The van der Waals surface area contributed by atoms with E-state index >= 15 is 0 Å². The third-order valence-corrected chi connectivity index (χ3v) is 4.67. The van der Waals surface area contributed by atoms with Crippen molar-refractivity contribution in [2.45, 2.75) is 53.6 Å². The van der Waals surface area contributed by atoms with Crippen molar-refractivity contribution in [3.63, 3.8) is 0 Å². The molecular formula is C21H23NO5. The average molecular weight is 369 g/mol. The van der Waals surface area contributed by atoms with Crippen molar-refractivity contribution in [1.29, 1.82) is 0 Å². The first-order chi connectivity index (χ1) is 12.8. The molecule has 0 radical (unpaired) electrons. The van der Waals surface area contributed by atoms with Gasteiger partial charge in [-0.1, -0.05) is 25.9 Å². The highest BCUT2D eigenvalue weighted by molar-refractivity contribution is 5.91. The van der Waals surface area contributed by atoms with Crippen LogP contribution < -0.4 is 5.63 Å². The lowest BCUT2D eigenvalue weighted by molar-refractivity contribution is 0.0470. The van der Waals surface area contributed by atoms with Crippen molar-refractivity contribution in [2.24, 2.45) is 0 Å². The molecular weight excluding hydrogens is 346 g/mol. The molecule has 0 atom stereocenters. The standard InChI is InChI=1S/C21H23NO5/c1-6-17-20(13(5)27-22-17)21(24)25-10-14-8-19(23)26-18-7-12(4)15(11(2)3)9-16(14)18/h7-9,11H,6,10H2,1-5H3. The van der Waals surface area contributed by atoms with Gasteiger partial charge in [0, 0.05) is 17.0 Å². The summed E-state index contributed by atoms with van der Waals surface area (Å²) in [6.07, 6.45) is 0.566. The van der Waals surface area contributed by atoms with Crippen molar-refractivity contribution in [3.8, 4) is 0 Å². The molecule has 0 aliphatic heterocycles. The summed E-state index contributed by atoms with van der Waals surface area (Å²) in [5.74, 6) is 0.235.